The number of hydrogen-bond donors (Lipinski definition) is 2. The van der Waals surface area contributed by atoms with Crippen molar-refractivity contribution in [1.29, 1.82) is 0 Å². The van der Waals surface area contributed by atoms with E-state index < -0.39 is 6.10 Å². The van der Waals surface area contributed by atoms with Crippen molar-refractivity contribution in [2.45, 2.75) is 44.1 Å². The molecule has 0 aliphatic heterocycles. The number of benzene rings is 2. The monoisotopic (exact) mass is 345 g/mol. The first kappa shape index (κ1) is 17.7. The van der Waals surface area contributed by atoms with Gasteiger partial charge in [0.15, 0.2) is 0 Å². The Morgan fingerprint density at radius 1 is 1.12 bits per heavy atom. The normalized spacial score (nSPS) is 23.2. The highest BCUT2D eigenvalue weighted by molar-refractivity contribution is 5.28. The molecule has 0 spiro atoms. The summed E-state index contributed by atoms with van der Waals surface area (Å²) in [6, 6.07) is 13.7. The van der Waals surface area contributed by atoms with Gasteiger partial charge in [0.1, 0.15) is 29.5 Å². The molecule has 3 atom stereocenters. The molecule has 2 aromatic carbocycles. The first-order valence-electron chi connectivity index (χ1n) is 8.62. The van der Waals surface area contributed by atoms with Gasteiger partial charge in [-0.15, -0.1) is 0 Å². The van der Waals surface area contributed by atoms with Gasteiger partial charge in [0.05, 0.1) is 7.11 Å². The molecule has 5 heteroatoms. The van der Waals surface area contributed by atoms with E-state index in [9.17, 15) is 9.50 Å². The summed E-state index contributed by atoms with van der Waals surface area (Å²) in [6.07, 6.45) is 1.76. The Balaban J connectivity index is 1.57. The quantitative estimate of drug-likeness (QED) is 0.844. The van der Waals surface area contributed by atoms with Gasteiger partial charge in [0.2, 0.25) is 0 Å². The van der Waals surface area contributed by atoms with Crippen molar-refractivity contribution < 1.29 is 19.0 Å². The summed E-state index contributed by atoms with van der Waals surface area (Å²) in [4.78, 5) is 0. The van der Waals surface area contributed by atoms with E-state index in [-0.39, 0.29) is 18.0 Å². The molecule has 0 aromatic heterocycles. The third kappa shape index (κ3) is 4.71. The fourth-order valence-electron chi connectivity index (χ4n) is 3.21. The van der Waals surface area contributed by atoms with Crippen molar-refractivity contribution in [2.24, 2.45) is 0 Å². The van der Waals surface area contributed by atoms with Crippen molar-refractivity contribution in [3.8, 4) is 11.5 Å². The van der Waals surface area contributed by atoms with Gasteiger partial charge < -0.3 is 19.9 Å². The number of ether oxygens (including phenoxy) is 2. The first-order valence-corrected chi connectivity index (χ1v) is 8.62. The zero-order valence-electron chi connectivity index (χ0n) is 14.3. The van der Waals surface area contributed by atoms with Gasteiger partial charge in [-0.05, 0) is 61.2 Å². The van der Waals surface area contributed by atoms with Crippen LogP contribution in [0.3, 0.4) is 0 Å². The summed E-state index contributed by atoms with van der Waals surface area (Å²) < 4.78 is 24.1. The SMILES string of the molecule is COc1cccc(CN[C@H]2CCC[C@@H](Oc3ccc(F)cc3)[C@@H]2O)c1. The standard InChI is InChI=1S/C20H24FNO3/c1-24-17-5-2-4-14(12-17)13-22-18-6-3-7-19(20(18)23)25-16-10-8-15(21)9-11-16/h2,4-5,8-12,18-20,22-23H,3,6-7,13H2,1H3/t18-,19+,20+/m0/s1. The summed E-state index contributed by atoms with van der Waals surface area (Å²) in [5.74, 6) is 1.11. The van der Waals surface area contributed by atoms with Crippen molar-refractivity contribution >= 4 is 0 Å². The molecule has 1 fully saturated rings. The van der Waals surface area contributed by atoms with E-state index in [1.54, 1.807) is 19.2 Å². The molecule has 1 saturated carbocycles. The summed E-state index contributed by atoms with van der Waals surface area (Å²) in [6.45, 7) is 0.655. The van der Waals surface area contributed by atoms with E-state index in [4.69, 9.17) is 9.47 Å². The molecule has 0 bridgehead atoms. The number of halogens is 1. The van der Waals surface area contributed by atoms with Crippen LogP contribution in [0.15, 0.2) is 48.5 Å². The second kappa shape index (κ2) is 8.32. The smallest absolute Gasteiger partial charge is 0.126 e. The minimum absolute atomic E-state index is 0.0367. The van der Waals surface area contributed by atoms with Crippen LogP contribution in [0.2, 0.25) is 0 Å². The lowest BCUT2D eigenvalue weighted by Crippen LogP contribution is -2.50. The molecule has 4 nitrogen and oxygen atoms in total. The van der Waals surface area contributed by atoms with Crippen LogP contribution < -0.4 is 14.8 Å². The Morgan fingerprint density at radius 2 is 1.92 bits per heavy atom. The third-order valence-electron chi connectivity index (χ3n) is 4.60. The van der Waals surface area contributed by atoms with Crippen molar-refractivity contribution in [3.63, 3.8) is 0 Å². The Morgan fingerprint density at radius 3 is 2.68 bits per heavy atom. The molecular formula is C20H24FNO3. The molecule has 2 N–H and O–H groups in total. The number of aliphatic hydroxyl groups is 1. The summed E-state index contributed by atoms with van der Waals surface area (Å²) >= 11 is 0. The van der Waals surface area contributed by atoms with Gasteiger partial charge in [-0.1, -0.05) is 12.1 Å². The van der Waals surface area contributed by atoms with E-state index in [0.29, 0.717) is 12.3 Å². The first-order chi connectivity index (χ1) is 12.2. The maximum absolute atomic E-state index is 13.0. The lowest BCUT2D eigenvalue weighted by molar-refractivity contribution is -0.0157. The molecule has 3 rings (SSSR count). The highest BCUT2D eigenvalue weighted by Gasteiger charge is 2.33. The Hall–Kier alpha value is -2.11. The second-order valence-electron chi connectivity index (χ2n) is 6.37. The Labute approximate surface area is 147 Å². The van der Waals surface area contributed by atoms with Gasteiger partial charge in [-0.3, -0.25) is 0 Å². The molecule has 0 amide bonds. The van der Waals surface area contributed by atoms with Crippen molar-refractivity contribution in [1.82, 2.24) is 5.32 Å². The maximum Gasteiger partial charge on any atom is 0.126 e. The lowest BCUT2D eigenvalue weighted by Gasteiger charge is -2.35. The van der Waals surface area contributed by atoms with Crippen LogP contribution in [0, 0.1) is 5.82 Å². The summed E-state index contributed by atoms with van der Waals surface area (Å²) in [7, 11) is 1.65. The lowest BCUT2D eigenvalue weighted by atomic mass is 9.89. The molecule has 1 aliphatic carbocycles. The van der Waals surface area contributed by atoms with Gasteiger partial charge in [0.25, 0.3) is 0 Å². The maximum atomic E-state index is 13.0. The van der Waals surface area contributed by atoms with Crippen LogP contribution in [0.5, 0.6) is 11.5 Å². The van der Waals surface area contributed by atoms with E-state index in [1.807, 2.05) is 24.3 Å². The van der Waals surface area contributed by atoms with Crippen LogP contribution in [-0.2, 0) is 6.54 Å². The van der Waals surface area contributed by atoms with Crippen LogP contribution in [0.25, 0.3) is 0 Å². The minimum atomic E-state index is -0.607. The fraction of sp³-hybridized carbons (Fsp3) is 0.400. The average molecular weight is 345 g/mol. The van der Waals surface area contributed by atoms with E-state index >= 15 is 0 Å². The zero-order valence-corrected chi connectivity index (χ0v) is 14.3. The summed E-state index contributed by atoms with van der Waals surface area (Å²) in [5, 5.41) is 14.1. The zero-order chi connectivity index (χ0) is 17.6. The van der Waals surface area contributed by atoms with Crippen LogP contribution in [0.1, 0.15) is 24.8 Å². The number of hydrogen-bond acceptors (Lipinski definition) is 4. The van der Waals surface area contributed by atoms with Gasteiger partial charge >= 0.3 is 0 Å². The third-order valence-corrected chi connectivity index (χ3v) is 4.60. The van der Waals surface area contributed by atoms with E-state index in [2.05, 4.69) is 5.32 Å². The van der Waals surface area contributed by atoms with Gasteiger partial charge in [0, 0.05) is 12.6 Å². The molecule has 1 aliphatic rings. The number of rotatable bonds is 6. The minimum Gasteiger partial charge on any atom is -0.497 e. The van der Waals surface area contributed by atoms with Crippen LogP contribution in [-0.4, -0.2) is 30.5 Å². The predicted octanol–water partition coefficient (Wildman–Crippen LogP) is 3.28. The molecule has 0 saturated heterocycles. The number of aliphatic hydroxyl groups excluding tert-OH is 1. The van der Waals surface area contributed by atoms with Crippen molar-refractivity contribution in [2.75, 3.05) is 7.11 Å². The molecule has 0 heterocycles. The molecular weight excluding hydrogens is 321 g/mol. The molecule has 0 radical (unpaired) electrons. The predicted molar refractivity (Wildman–Crippen MR) is 94.3 cm³/mol. The average Bonchev–Trinajstić information content (AvgIpc) is 2.64. The highest BCUT2D eigenvalue weighted by atomic mass is 19.1. The van der Waals surface area contributed by atoms with Crippen LogP contribution in [0.4, 0.5) is 4.39 Å². The summed E-state index contributed by atoms with van der Waals surface area (Å²) in [5.41, 5.74) is 1.10. The van der Waals surface area contributed by atoms with Gasteiger partial charge in [-0.25, -0.2) is 4.39 Å². The fourth-order valence-corrected chi connectivity index (χ4v) is 3.21. The van der Waals surface area contributed by atoms with Gasteiger partial charge in [-0.2, -0.15) is 0 Å². The topological polar surface area (TPSA) is 50.7 Å². The molecule has 2 aromatic rings. The largest absolute Gasteiger partial charge is 0.497 e. The number of nitrogens with one attached hydrogen (secondary N) is 1. The number of methoxy groups -OCH3 is 1. The Kier molecular flexibility index (Phi) is 5.89. The van der Waals surface area contributed by atoms with E-state index in [0.717, 1.165) is 30.6 Å². The highest BCUT2D eigenvalue weighted by Crippen LogP contribution is 2.25. The van der Waals surface area contributed by atoms with Crippen LogP contribution >= 0.6 is 0 Å². The molecule has 0 unspecified atom stereocenters. The second-order valence-corrected chi connectivity index (χ2v) is 6.37. The van der Waals surface area contributed by atoms with Crippen molar-refractivity contribution in [3.05, 3.63) is 59.9 Å². The van der Waals surface area contributed by atoms with E-state index in [1.165, 1.54) is 12.1 Å². The molecule has 134 valence electrons. The molecule has 25 heavy (non-hydrogen) atoms. The Bertz CT molecular complexity index is 677.